The van der Waals surface area contributed by atoms with E-state index in [0.717, 1.165) is 16.7 Å². The predicted octanol–water partition coefficient (Wildman–Crippen LogP) is 2.21. The number of H-pyrrole nitrogens is 1. The first kappa shape index (κ1) is 18.7. The molecule has 1 aliphatic heterocycles. The molecule has 0 radical (unpaired) electrons. The topological polar surface area (TPSA) is 128 Å². The standard InChI is InChI=1S/C21H17N7O3/c1-11-3-5-12(6-4-11)16-15-17(19(29)24-23-16)22-21-25-26-27-28(21)18(15)13-7-9-14(10-8-13)20(30)31-2/h3-10,18H,1-2H3,(H,24,29)(H,22,25,27). The van der Waals surface area contributed by atoms with Crippen LogP contribution in [0.5, 0.6) is 0 Å². The summed E-state index contributed by atoms with van der Waals surface area (Å²) in [6, 6.07) is 14.2. The van der Waals surface area contributed by atoms with Crippen molar-refractivity contribution in [2.45, 2.75) is 13.0 Å². The van der Waals surface area contributed by atoms with Crippen molar-refractivity contribution in [3.05, 3.63) is 81.1 Å². The van der Waals surface area contributed by atoms with Crippen LogP contribution in [0.25, 0.3) is 11.3 Å². The molecular formula is C21H17N7O3. The second kappa shape index (κ2) is 7.17. The Morgan fingerprint density at radius 3 is 2.55 bits per heavy atom. The molecule has 0 fully saturated rings. The lowest BCUT2D eigenvalue weighted by atomic mass is 9.92. The van der Waals surface area contributed by atoms with E-state index in [1.165, 1.54) is 7.11 Å². The zero-order valence-corrected chi connectivity index (χ0v) is 16.7. The number of methoxy groups -OCH3 is 1. The normalized spacial score (nSPS) is 14.3. The molecule has 10 nitrogen and oxygen atoms in total. The lowest BCUT2D eigenvalue weighted by Gasteiger charge is -2.27. The summed E-state index contributed by atoms with van der Waals surface area (Å²) in [6.07, 6.45) is 0. The van der Waals surface area contributed by atoms with Gasteiger partial charge in [0.15, 0.2) is 0 Å². The maximum Gasteiger partial charge on any atom is 0.337 e. The van der Waals surface area contributed by atoms with Crippen LogP contribution in [0.4, 0.5) is 11.6 Å². The van der Waals surface area contributed by atoms with Gasteiger partial charge in [0.25, 0.3) is 5.56 Å². The number of hydrogen-bond donors (Lipinski definition) is 2. The number of fused-ring (bicyclic) bond motifs is 2. The average Bonchev–Trinajstić information content (AvgIpc) is 3.27. The van der Waals surface area contributed by atoms with Gasteiger partial charge in [0.05, 0.1) is 18.4 Å². The van der Waals surface area contributed by atoms with Gasteiger partial charge in [0, 0.05) is 11.1 Å². The van der Waals surface area contributed by atoms with Gasteiger partial charge in [-0.2, -0.15) is 9.78 Å². The first-order chi connectivity index (χ1) is 15.1. The molecule has 2 aromatic carbocycles. The molecule has 0 bridgehead atoms. The number of carbonyl (C=O) groups is 1. The van der Waals surface area contributed by atoms with Crippen molar-refractivity contribution in [2.24, 2.45) is 0 Å². The Morgan fingerprint density at radius 1 is 1.10 bits per heavy atom. The monoisotopic (exact) mass is 415 g/mol. The van der Waals surface area contributed by atoms with Crippen molar-refractivity contribution in [1.29, 1.82) is 0 Å². The van der Waals surface area contributed by atoms with Gasteiger partial charge in [0.2, 0.25) is 5.95 Å². The number of rotatable bonds is 3. The summed E-state index contributed by atoms with van der Waals surface area (Å²) in [4.78, 5) is 24.5. The Balaban J connectivity index is 1.74. The average molecular weight is 415 g/mol. The lowest BCUT2D eigenvalue weighted by molar-refractivity contribution is 0.0600. The van der Waals surface area contributed by atoms with Gasteiger partial charge in [-0.1, -0.05) is 47.1 Å². The minimum atomic E-state index is -0.529. The van der Waals surface area contributed by atoms with Crippen LogP contribution in [-0.4, -0.2) is 43.5 Å². The number of esters is 1. The minimum absolute atomic E-state index is 0.329. The summed E-state index contributed by atoms with van der Waals surface area (Å²) >= 11 is 0. The summed E-state index contributed by atoms with van der Waals surface area (Å²) in [5, 5.41) is 21.8. The highest BCUT2D eigenvalue weighted by molar-refractivity contribution is 5.89. The second-order valence-electron chi connectivity index (χ2n) is 7.14. The van der Waals surface area contributed by atoms with Crippen LogP contribution in [0.3, 0.4) is 0 Å². The molecule has 31 heavy (non-hydrogen) atoms. The summed E-state index contributed by atoms with van der Waals surface area (Å²) in [5.74, 6) is -0.0973. The van der Waals surface area contributed by atoms with Gasteiger partial charge in [-0.25, -0.2) is 9.89 Å². The smallest absolute Gasteiger partial charge is 0.337 e. The minimum Gasteiger partial charge on any atom is -0.465 e. The highest BCUT2D eigenvalue weighted by atomic mass is 16.5. The molecule has 2 N–H and O–H groups in total. The Kier molecular flexibility index (Phi) is 4.32. The van der Waals surface area contributed by atoms with E-state index in [1.807, 2.05) is 31.2 Å². The number of carbonyl (C=O) groups excluding carboxylic acids is 1. The third-order valence-electron chi connectivity index (χ3n) is 5.24. The van der Waals surface area contributed by atoms with Gasteiger partial charge >= 0.3 is 5.97 Å². The number of benzene rings is 2. The fraction of sp³-hybridized carbons (Fsp3) is 0.143. The first-order valence-electron chi connectivity index (χ1n) is 9.49. The molecule has 10 heteroatoms. The van der Waals surface area contributed by atoms with Gasteiger partial charge in [-0.05, 0) is 35.0 Å². The number of nitrogens with one attached hydrogen (secondary N) is 2. The van der Waals surface area contributed by atoms with E-state index in [1.54, 1.807) is 28.9 Å². The van der Waals surface area contributed by atoms with E-state index in [-0.39, 0.29) is 5.56 Å². The largest absolute Gasteiger partial charge is 0.465 e. The number of hydrogen-bond acceptors (Lipinski definition) is 8. The van der Waals surface area contributed by atoms with Crippen LogP contribution < -0.4 is 10.9 Å². The number of ether oxygens (including phenoxy) is 1. The molecule has 0 aliphatic carbocycles. The van der Waals surface area contributed by atoms with Crippen molar-refractivity contribution >= 4 is 17.6 Å². The van der Waals surface area contributed by atoms with E-state index >= 15 is 0 Å². The molecule has 1 atom stereocenters. The Bertz CT molecular complexity index is 1340. The predicted molar refractivity (Wildman–Crippen MR) is 111 cm³/mol. The number of aryl methyl sites for hydroxylation is 1. The van der Waals surface area contributed by atoms with Crippen LogP contribution >= 0.6 is 0 Å². The molecule has 4 aromatic rings. The summed E-state index contributed by atoms with van der Waals surface area (Å²) in [7, 11) is 1.33. The van der Waals surface area contributed by atoms with E-state index in [4.69, 9.17) is 4.74 Å². The van der Waals surface area contributed by atoms with Crippen LogP contribution in [0, 0.1) is 6.92 Å². The molecule has 1 unspecified atom stereocenters. The quantitative estimate of drug-likeness (QED) is 0.429. The molecule has 5 rings (SSSR count). The van der Waals surface area contributed by atoms with E-state index < -0.39 is 12.0 Å². The Labute approximate surface area is 175 Å². The molecular weight excluding hydrogens is 398 g/mol. The molecule has 0 saturated heterocycles. The van der Waals surface area contributed by atoms with Gasteiger partial charge in [0.1, 0.15) is 11.7 Å². The lowest BCUT2D eigenvalue weighted by Crippen LogP contribution is -2.29. The van der Waals surface area contributed by atoms with Crippen molar-refractivity contribution in [3.8, 4) is 11.3 Å². The van der Waals surface area contributed by atoms with E-state index in [2.05, 4.69) is 31.0 Å². The van der Waals surface area contributed by atoms with Crippen molar-refractivity contribution in [3.63, 3.8) is 0 Å². The number of tetrazole rings is 1. The summed E-state index contributed by atoms with van der Waals surface area (Å²) < 4.78 is 6.37. The fourth-order valence-corrected chi connectivity index (χ4v) is 3.70. The zero-order chi connectivity index (χ0) is 21.5. The van der Waals surface area contributed by atoms with Crippen molar-refractivity contribution < 1.29 is 9.53 Å². The highest BCUT2D eigenvalue weighted by Crippen LogP contribution is 2.41. The molecule has 1 aliphatic rings. The molecule has 2 aromatic heterocycles. The highest BCUT2D eigenvalue weighted by Gasteiger charge is 2.34. The number of aromatic amines is 1. The number of aromatic nitrogens is 6. The maximum absolute atomic E-state index is 12.7. The first-order valence-corrected chi connectivity index (χ1v) is 9.49. The molecule has 154 valence electrons. The summed E-state index contributed by atoms with van der Waals surface area (Å²) in [6.45, 7) is 2.00. The van der Waals surface area contributed by atoms with Crippen LogP contribution in [0.2, 0.25) is 0 Å². The van der Waals surface area contributed by atoms with Crippen LogP contribution in [-0.2, 0) is 4.74 Å². The number of nitrogens with zero attached hydrogens (tertiary/aromatic N) is 5. The van der Waals surface area contributed by atoms with E-state index in [9.17, 15) is 9.59 Å². The third kappa shape index (κ3) is 3.05. The zero-order valence-electron chi connectivity index (χ0n) is 16.7. The SMILES string of the molecule is COC(=O)c1ccc(C2c3c(-c4ccc(C)cc4)n[nH]c(=O)c3Nc3nnnn32)cc1. The maximum atomic E-state index is 12.7. The third-order valence-corrected chi connectivity index (χ3v) is 5.24. The van der Waals surface area contributed by atoms with Gasteiger partial charge in [-0.3, -0.25) is 4.79 Å². The van der Waals surface area contributed by atoms with Gasteiger partial charge < -0.3 is 10.1 Å². The van der Waals surface area contributed by atoms with Crippen LogP contribution in [0.15, 0.2) is 53.3 Å². The molecule has 0 spiro atoms. The molecule has 0 amide bonds. The Morgan fingerprint density at radius 2 is 1.84 bits per heavy atom. The molecule has 3 heterocycles. The fourth-order valence-electron chi connectivity index (χ4n) is 3.70. The van der Waals surface area contributed by atoms with Crippen molar-refractivity contribution in [2.75, 3.05) is 12.4 Å². The van der Waals surface area contributed by atoms with Gasteiger partial charge in [-0.15, -0.1) is 0 Å². The van der Waals surface area contributed by atoms with Crippen molar-refractivity contribution in [1.82, 2.24) is 30.4 Å². The summed E-state index contributed by atoms with van der Waals surface area (Å²) in [5.41, 5.74) is 4.34. The second-order valence-corrected chi connectivity index (χ2v) is 7.14. The number of anilines is 2. The Hall–Kier alpha value is -4.34. The molecule has 0 saturated carbocycles. The van der Waals surface area contributed by atoms with Crippen LogP contribution in [0.1, 0.15) is 33.1 Å². The van der Waals surface area contributed by atoms with E-state index in [0.29, 0.717) is 28.5 Å².